The lowest BCUT2D eigenvalue weighted by molar-refractivity contribution is 0.197. The van der Waals surface area contributed by atoms with Crippen LogP contribution in [0.15, 0.2) is 85.2 Å². The smallest absolute Gasteiger partial charge is 0.204 e. The Morgan fingerprint density at radius 1 is 0.933 bits per heavy atom. The minimum atomic E-state index is 0.634. The first-order valence-electron chi connectivity index (χ1n) is 10.2. The Labute approximate surface area is 182 Å². The number of hydrogen-bond donors (Lipinski definition) is 0. The zero-order chi connectivity index (χ0) is 20.8. The van der Waals surface area contributed by atoms with E-state index in [9.17, 15) is 0 Å². The molecular weight excluding hydrogens is 390 g/mol. The Balaban J connectivity index is 1.73. The molecule has 0 N–H and O–H groups in total. The van der Waals surface area contributed by atoms with E-state index in [1.54, 1.807) is 6.20 Å². The van der Waals surface area contributed by atoms with Crippen molar-refractivity contribution in [3.63, 3.8) is 0 Å². The molecule has 0 fully saturated rings. The highest BCUT2D eigenvalue weighted by Gasteiger charge is 2.16. The number of aromatic nitrogens is 4. The second-order valence-electron chi connectivity index (χ2n) is 7.20. The molecule has 0 aliphatic heterocycles. The summed E-state index contributed by atoms with van der Waals surface area (Å²) in [5, 5.41) is 4.91. The molecule has 0 spiro atoms. The molecule has 2 heterocycles. The van der Waals surface area contributed by atoms with Crippen LogP contribution in [0.5, 0.6) is 0 Å². The summed E-state index contributed by atoms with van der Waals surface area (Å²) in [5.74, 6) is 0.801. The van der Waals surface area contributed by atoms with Crippen molar-refractivity contribution in [2.75, 3.05) is 6.54 Å². The molecule has 4 aromatic rings. The SMILES string of the molecule is CCCN(Cc1ccccc1)Cn1nc(-c2cccnc2)n(-c2ccccc2)c1=S. The first-order chi connectivity index (χ1) is 14.8. The van der Waals surface area contributed by atoms with Gasteiger partial charge in [-0.15, -0.1) is 5.10 Å². The molecule has 0 saturated carbocycles. The van der Waals surface area contributed by atoms with Crippen LogP contribution in [0, 0.1) is 4.77 Å². The van der Waals surface area contributed by atoms with Crippen LogP contribution in [-0.2, 0) is 13.2 Å². The fraction of sp³-hybridized carbons (Fsp3) is 0.208. The zero-order valence-electron chi connectivity index (χ0n) is 17.1. The Hall–Kier alpha value is -3.09. The number of pyridine rings is 1. The quantitative estimate of drug-likeness (QED) is 0.364. The first-order valence-corrected chi connectivity index (χ1v) is 10.6. The average Bonchev–Trinajstić information content (AvgIpc) is 3.12. The van der Waals surface area contributed by atoms with Gasteiger partial charge in [-0.25, -0.2) is 4.68 Å². The zero-order valence-corrected chi connectivity index (χ0v) is 17.9. The summed E-state index contributed by atoms with van der Waals surface area (Å²) in [6.07, 6.45) is 4.66. The molecule has 0 amide bonds. The molecule has 2 aromatic heterocycles. The molecule has 0 bridgehead atoms. The van der Waals surface area contributed by atoms with E-state index in [4.69, 9.17) is 17.3 Å². The van der Waals surface area contributed by atoms with Crippen LogP contribution in [0.25, 0.3) is 17.1 Å². The van der Waals surface area contributed by atoms with Crippen LogP contribution in [0.1, 0.15) is 18.9 Å². The van der Waals surface area contributed by atoms with Gasteiger partial charge in [0.2, 0.25) is 4.77 Å². The van der Waals surface area contributed by atoms with Gasteiger partial charge in [0.15, 0.2) is 5.82 Å². The van der Waals surface area contributed by atoms with Crippen LogP contribution in [0.3, 0.4) is 0 Å². The third kappa shape index (κ3) is 4.56. The van der Waals surface area contributed by atoms with Crippen molar-refractivity contribution in [3.05, 3.63) is 95.5 Å². The molecule has 6 heteroatoms. The highest BCUT2D eigenvalue weighted by atomic mass is 32.1. The minimum Gasteiger partial charge on any atom is -0.280 e. The molecule has 152 valence electrons. The van der Waals surface area contributed by atoms with Gasteiger partial charge >= 0.3 is 0 Å². The summed E-state index contributed by atoms with van der Waals surface area (Å²) in [7, 11) is 0. The predicted octanol–water partition coefficient (Wildman–Crippen LogP) is 5.33. The van der Waals surface area contributed by atoms with E-state index in [1.807, 2.05) is 51.8 Å². The van der Waals surface area contributed by atoms with Gasteiger partial charge in [-0.1, -0.05) is 55.5 Å². The van der Waals surface area contributed by atoms with Crippen LogP contribution in [-0.4, -0.2) is 30.8 Å². The number of hydrogen-bond acceptors (Lipinski definition) is 4. The molecule has 0 aliphatic rings. The van der Waals surface area contributed by atoms with Gasteiger partial charge in [0.25, 0.3) is 0 Å². The Morgan fingerprint density at radius 3 is 2.33 bits per heavy atom. The topological polar surface area (TPSA) is 38.9 Å². The van der Waals surface area contributed by atoms with Gasteiger partial charge in [0.1, 0.15) is 0 Å². The van der Waals surface area contributed by atoms with Crippen molar-refractivity contribution < 1.29 is 0 Å². The lowest BCUT2D eigenvalue weighted by Crippen LogP contribution is -2.27. The summed E-state index contributed by atoms with van der Waals surface area (Å²) in [6.45, 7) is 4.66. The third-order valence-corrected chi connectivity index (χ3v) is 5.29. The molecule has 0 unspecified atom stereocenters. The maximum atomic E-state index is 5.88. The molecular formula is C24H25N5S. The van der Waals surface area contributed by atoms with Gasteiger partial charge in [-0.05, 0) is 55.0 Å². The normalized spacial score (nSPS) is 11.1. The predicted molar refractivity (Wildman–Crippen MR) is 123 cm³/mol. The highest BCUT2D eigenvalue weighted by molar-refractivity contribution is 7.71. The van der Waals surface area contributed by atoms with E-state index < -0.39 is 0 Å². The molecule has 0 atom stereocenters. The van der Waals surface area contributed by atoms with E-state index in [0.29, 0.717) is 11.4 Å². The summed E-state index contributed by atoms with van der Waals surface area (Å²) >= 11 is 5.88. The monoisotopic (exact) mass is 415 g/mol. The van der Waals surface area contributed by atoms with Crippen molar-refractivity contribution in [2.45, 2.75) is 26.6 Å². The third-order valence-electron chi connectivity index (χ3n) is 4.90. The Bertz CT molecular complexity index is 1120. The lowest BCUT2D eigenvalue weighted by atomic mass is 10.2. The summed E-state index contributed by atoms with van der Waals surface area (Å²) in [5.41, 5.74) is 3.22. The van der Waals surface area contributed by atoms with E-state index in [-0.39, 0.29) is 0 Å². The van der Waals surface area contributed by atoms with E-state index in [0.717, 1.165) is 36.6 Å². The Kier molecular flexibility index (Phi) is 6.47. The lowest BCUT2D eigenvalue weighted by Gasteiger charge is -2.21. The number of benzene rings is 2. The second-order valence-corrected chi connectivity index (χ2v) is 7.56. The van der Waals surface area contributed by atoms with E-state index in [2.05, 4.69) is 53.2 Å². The van der Waals surface area contributed by atoms with Crippen molar-refractivity contribution >= 4 is 12.2 Å². The number of para-hydroxylation sites is 1. The summed E-state index contributed by atoms with van der Waals surface area (Å²) in [6, 6.07) is 24.6. The summed E-state index contributed by atoms with van der Waals surface area (Å²) < 4.78 is 4.62. The summed E-state index contributed by atoms with van der Waals surface area (Å²) in [4.78, 5) is 6.65. The van der Waals surface area contributed by atoms with Gasteiger partial charge < -0.3 is 0 Å². The van der Waals surface area contributed by atoms with Crippen molar-refractivity contribution in [2.24, 2.45) is 0 Å². The number of rotatable bonds is 8. The van der Waals surface area contributed by atoms with Gasteiger partial charge in [0, 0.05) is 30.2 Å². The highest BCUT2D eigenvalue weighted by Crippen LogP contribution is 2.22. The molecule has 0 aliphatic carbocycles. The van der Waals surface area contributed by atoms with Crippen LogP contribution in [0.2, 0.25) is 0 Å². The molecule has 0 radical (unpaired) electrons. The van der Waals surface area contributed by atoms with Crippen molar-refractivity contribution in [1.82, 2.24) is 24.2 Å². The van der Waals surface area contributed by atoms with E-state index >= 15 is 0 Å². The van der Waals surface area contributed by atoms with Crippen molar-refractivity contribution in [3.8, 4) is 17.1 Å². The van der Waals surface area contributed by atoms with Gasteiger partial charge in [-0.3, -0.25) is 14.5 Å². The molecule has 2 aromatic carbocycles. The van der Waals surface area contributed by atoms with Crippen LogP contribution < -0.4 is 0 Å². The van der Waals surface area contributed by atoms with Crippen molar-refractivity contribution in [1.29, 1.82) is 0 Å². The Morgan fingerprint density at radius 2 is 1.67 bits per heavy atom. The van der Waals surface area contributed by atoms with Crippen LogP contribution in [0.4, 0.5) is 0 Å². The minimum absolute atomic E-state index is 0.634. The van der Waals surface area contributed by atoms with E-state index in [1.165, 1.54) is 5.56 Å². The molecule has 4 rings (SSSR count). The second kappa shape index (κ2) is 9.61. The largest absolute Gasteiger partial charge is 0.280 e. The van der Waals surface area contributed by atoms with Gasteiger partial charge in [-0.2, -0.15) is 0 Å². The fourth-order valence-corrected chi connectivity index (χ4v) is 3.83. The number of nitrogens with zero attached hydrogens (tertiary/aromatic N) is 5. The maximum Gasteiger partial charge on any atom is 0.204 e. The fourth-order valence-electron chi connectivity index (χ4n) is 3.54. The first kappa shape index (κ1) is 20.2. The van der Waals surface area contributed by atoms with Crippen LogP contribution >= 0.6 is 12.2 Å². The maximum absolute atomic E-state index is 5.88. The molecule has 5 nitrogen and oxygen atoms in total. The molecule has 0 saturated heterocycles. The standard InChI is InChI=1S/C24H25N5S/c1-2-16-27(18-20-10-5-3-6-11-20)19-28-24(30)29(22-13-7-4-8-14-22)23(26-28)21-12-9-15-25-17-21/h3-15,17H,2,16,18-19H2,1H3. The molecule has 30 heavy (non-hydrogen) atoms. The average molecular weight is 416 g/mol. The van der Waals surface area contributed by atoms with Gasteiger partial charge in [0.05, 0.1) is 6.67 Å².